The maximum absolute atomic E-state index is 13.0. The van der Waals surface area contributed by atoms with Gasteiger partial charge in [-0.3, -0.25) is 4.79 Å². The zero-order valence-corrected chi connectivity index (χ0v) is 18.2. The van der Waals surface area contributed by atoms with Gasteiger partial charge in [-0.15, -0.1) is 0 Å². The molecule has 0 heterocycles. The molecular formula is C23H24N2O4S. The number of benzene rings is 3. The van der Waals surface area contributed by atoms with Crippen molar-refractivity contribution in [1.82, 2.24) is 4.31 Å². The van der Waals surface area contributed by atoms with Crippen LogP contribution in [0.2, 0.25) is 0 Å². The van der Waals surface area contributed by atoms with Crippen LogP contribution in [0.25, 0.3) is 0 Å². The summed E-state index contributed by atoms with van der Waals surface area (Å²) in [6, 6.07) is 19.2. The van der Waals surface area contributed by atoms with Crippen LogP contribution in [0.4, 0.5) is 5.69 Å². The van der Waals surface area contributed by atoms with Gasteiger partial charge in [-0.2, -0.15) is 0 Å². The summed E-state index contributed by atoms with van der Waals surface area (Å²) in [4.78, 5) is 13.0. The third-order valence-electron chi connectivity index (χ3n) is 4.62. The van der Waals surface area contributed by atoms with E-state index in [9.17, 15) is 13.2 Å². The molecular weight excluding hydrogens is 400 g/mol. The number of aryl methyl sites for hydroxylation is 2. The van der Waals surface area contributed by atoms with Gasteiger partial charge >= 0.3 is 0 Å². The van der Waals surface area contributed by atoms with Crippen molar-refractivity contribution in [1.29, 1.82) is 0 Å². The lowest BCUT2D eigenvalue weighted by molar-refractivity contribution is 0.102. The van der Waals surface area contributed by atoms with E-state index < -0.39 is 15.9 Å². The summed E-state index contributed by atoms with van der Waals surface area (Å²) in [6.07, 6.45) is 0. The Kier molecular flexibility index (Phi) is 6.24. The quantitative estimate of drug-likeness (QED) is 0.628. The van der Waals surface area contributed by atoms with Gasteiger partial charge < -0.3 is 10.1 Å². The highest BCUT2D eigenvalue weighted by atomic mass is 32.2. The first-order valence-electron chi connectivity index (χ1n) is 9.36. The molecule has 30 heavy (non-hydrogen) atoms. The Morgan fingerprint density at radius 2 is 1.60 bits per heavy atom. The Bertz CT molecular complexity index is 1170. The van der Waals surface area contributed by atoms with Crippen LogP contribution < -0.4 is 10.1 Å². The molecule has 0 fully saturated rings. The predicted molar refractivity (Wildman–Crippen MR) is 118 cm³/mol. The Morgan fingerprint density at radius 3 is 2.27 bits per heavy atom. The summed E-state index contributed by atoms with van der Waals surface area (Å²) >= 11 is 0. The first-order valence-corrected chi connectivity index (χ1v) is 10.8. The molecule has 0 aliphatic rings. The van der Waals surface area contributed by atoms with E-state index >= 15 is 0 Å². The number of nitrogens with zero attached hydrogens (tertiary/aromatic N) is 1. The first-order chi connectivity index (χ1) is 14.2. The lowest BCUT2D eigenvalue weighted by Crippen LogP contribution is -2.23. The minimum atomic E-state index is -3.65. The minimum absolute atomic E-state index is 0.0624. The molecule has 0 atom stereocenters. The van der Waals surface area contributed by atoms with Crippen molar-refractivity contribution in [3.63, 3.8) is 0 Å². The van der Waals surface area contributed by atoms with E-state index in [4.69, 9.17) is 4.74 Å². The average Bonchev–Trinajstić information content (AvgIpc) is 2.71. The summed E-state index contributed by atoms with van der Waals surface area (Å²) < 4.78 is 31.9. The fourth-order valence-corrected chi connectivity index (χ4v) is 3.73. The highest BCUT2D eigenvalue weighted by Gasteiger charge is 2.20. The van der Waals surface area contributed by atoms with E-state index in [-0.39, 0.29) is 10.5 Å². The first kappa shape index (κ1) is 21.5. The molecule has 0 saturated carbocycles. The number of sulfonamides is 1. The summed E-state index contributed by atoms with van der Waals surface area (Å²) in [5.41, 5.74) is 2.56. The molecule has 1 amide bonds. The number of anilines is 1. The van der Waals surface area contributed by atoms with Crippen LogP contribution in [-0.4, -0.2) is 32.7 Å². The number of amides is 1. The summed E-state index contributed by atoms with van der Waals surface area (Å²) in [5, 5.41) is 2.83. The molecule has 0 spiro atoms. The SMILES string of the molecule is Cc1ccc(Oc2ccccc2NC(=O)c2cc(S(=O)(=O)N(C)C)ccc2C)cc1. The Morgan fingerprint density at radius 1 is 0.933 bits per heavy atom. The number of carbonyl (C=O) groups is 1. The summed E-state index contributed by atoms with van der Waals surface area (Å²) in [5.74, 6) is 0.727. The van der Waals surface area contributed by atoms with Crippen molar-refractivity contribution >= 4 is 21.6 Å². The lowest BCUT2D eigenvalue weighted by Gasteiger charge is -2.15. The Hall–Kier alpha value is -3.16. The molecule has 156 valence electrons. The van der Waals surface area contributed by atoms with Gasteiger partial charge in [-0.1, -0.05) is 35.9 Å². The summed E-state index contributed by atoms with van der Waals surface area (Å²) in [7, 11) is -0.742. The molecule has 0 bridgehead atoms. The number of hydrogen-bond donors (Lipinski definition) is 1. The highest BCUT2D eigenvalue weighted by Crippen LogP contribution is 2.30. The third kappa shape index (κ3) is 4.69. The third-order valence-corrected chi connectivity index (χ3v) is 6.43. The summed E-state index contributed by atoms with van der Waals surface area (Å²) in [6.45, 7) is 3.75. The van der Waals surface area contributed by atoms with E-state index in [2.05, 4.69) is 5.32 Å². The van der Waals surface area contributed by atoms with E-state index in [1.165, 1.54) is 26.2 Å². The molecule has 0 aliphatic heterocycles. The molecule has 0 unspecified atom stereocenters. The minimum Gasteiger partial charge on any atom is -0.455 e. The van der Waals surface area contributed by atoms with E-state index in [1.54, 1.807) is 31.2 Å². The largest absolute Gasteiger partial charge is 0.455 e. The van der Waals surface area contributed by atoms with Crippen LogP contribution in [0, 0.1) is 13.8 Å². The van der Waals surface area contributed by atoms with Gasteiger partial charge in [0.2, 0.25) is 10.0 Å². The number of ether oxygens (including phenoxy) is 1. The second kappa shape index (κ2) is 8.69. The molecule has 0 radical (unpaired) electrons. The van der Waals surface area contributed by atoms with Gasteiger partial charge in [0.05, 0.1) is 10.6 Å². The van der Waals surface area contributed by atoms with Crippen molar-refractivity contribution < 1.29 is 17.9 Å². The van der Waals surface area contributed by atoms with Crippen LogP contribution >= 0.6 is 0 Å². The fraction of sp³-hybridized carbons (Fsp3) is 0.174. The number of hydrogen-bond acceptors (Lipinski definition) is 4. The highest BCUT2D eigenvalue weighted by molar-refractivity contribution is 7.89. The molecule has 6 nitrogen and oxygen atoms in total. The molecule has 7 heteroatoms. The standard InChI is InChI=1S/C23H24N2O4S/c1-16-9-12-18(13-10-16)29-22-8-6-5-7-21(22)24-23(26)20-15-19(14-11-17(20)2)30(27,28)25(3)4/h5-15H,1-4H3,(H,24,26). The van der Waals surface area contributed by atoms with Gasteiger partial charge in [-0.05, 0) is 55.8 Å². The molecule has 0 aromatic heterocycles. The van der Waals surface area contributed by atoms with E-state index in [0.29, 0.717) is 22.7 Å². The van der Waals surface area contributed by atoms with Crippen molar-refractivity contribution in [2.45, 2.75) is 18.7 Å². The average molecular weight is 425 g/mol. The Balaban J connectivity index is 1.89. The van der Waals surface area contributed by atoms with Gasteiger partial charge in [0, 0.05) is 19.7 Å². The molecule has 3 rings (SSSR count). The van der Waals surface area contributed by atoms with E-state index in [1.807, 2.05) is 37.3 Å². The molecule has 0 saturated heterocycles. The van der Waals surface area contributed by atoms with Crippen molar-refractivity contribution in [3.8, 4) is 11.5 Å². The normalized spacial score (nSPS) is 11.4. The predicted octanol–water partition coefficient (Wildman–Crippen LogP) is 4.60. The van der Waals surface area contributed by atoms with Crippen molar-refractivity contribution in [2.75, 3.05) is 19.4 Å². The van der Waals surface area contributed by atoms with Crippen LogP contribution in [-0.2, 0) is 10.0 Å². The zero-order chi connectivity index (χ0) is 21.9. The topological polar surface area (TPSA) is 75.7 Å². The van der Waals surface area contributed by atoms with Crippen LogP contribution in [0.1, 0.15) is 21.5 Å². The number of rotatable bonds is 6. The molecule has 0 aliphatic carbocycles. The van der Waals surface area contributed by atoms with E-state index in [0.717, 1.165) is 9.87 Å². The molecule has 3 aromatic carbocycles. The maximum atomic E-state index is 13.0. The van der Waals surface area contributed by atoms with Gasteiger partial charge in [0.15, 0.2) is 5.75 Å². The second-order valence-electron chi connectivity index (χ2n) is 7.13. The number of para-hydroxylation sites is 2. The smallest absolute Gasteiger partial charge is 0.256 e. The second-order valence-corrected chi connectivity index (χ2v) is 9.28. The zero-order valence-electron chi connectivity index (χ0n) is 17.3. The van der Waals surface area contributed by atoms with Crippen LogP contribution in [0.5, 0.6) is 11.5 Å². The number of carbonyl (C=O) groups excluding carboxylic acids is 1. The van der Waals surface area contributed by atoms with Gasteiger partial charge in [0.1, 0.15) is 5.75 Å². The number of nitrogens with one attached hydrogen (secondary N) is 1. The van der Waals surface area contributed by atoms with Crippen LogP contribution in [0.15, 0.2) is 71.6 Å². The fourth-order valence-electron chi connectivity index (χ4n) is 2.80. The van der Waals surface area contributed by atoms with Crippen molar-refractivity contribution in [3.05, 3.63) is 83.4 Å². The van der Waals surface area contributed by atoms with Gasteiger partial charge in [-0.25, -0.2) is 12.7 Å². The maximum Gasteiger partial charge on any atom is 0.256 e. The molecule has 3 aromatic rings. The monoisotopic (exact) mass is 424 g/mol. The Labute approximate surface area is 177 Å². The van der Waals surface area contributed by atoms with Crippen LogP contribution in [0.3, 0.4) is 0 Å². The van der Waals surface area contributed by atoms with Gasteiger partial charge in [0.25, 0.3) is 5.91 Å². The molecule has 1 N–H and O–H groups in total. The lowest BCUT2D eigenvalue weighted by atomic mass is 10.1. The van der Waals surface area contributed by atoms with Crippen molar-refractivity contribution in [2.24, 2.45) is 0 Å².